The van der Waals surface area contributed by atoms with E-state index in [1.165, 1.54) is 12.4 Å². The van der Waals surface area contributed by atoms with E-state index in [1.807, 2.05) is 10.7 Å². The van der Waals surface area contributed by atoms with Gasteiger partial charge in [0, 0.05) is 63.7 Å². The lowest BCUT2D eigenvalue weighted by atomic mass is 9.90. The van der Waals surface area contributed by atoms with Gasteiger partial charge in [0.25, 0.3) is 11.9 Å². The quantitative estimate of drug-likeness (QED) is 0.192. The van der Waals surface area contributed by atoms with Gasteiger partial charge in [-0.15, -0.1) is 0 Å². The standard InChI is InChI=1S/C30H35F3N8O3S.2C2H4O2/c1-39-13-15-40(16-14-39)22-9-11-23(12-10-22)41-29-26(28(34)35-19-36-29)27(38-41)20-6-4-7-24(17-20)44-25-8-3-2-5-21(25)18-37-45(42,43)30(31,32)33;2*1-2(3)4/h2-8,17,19,22-23,37H,9-16,18H2,1H3,(H2,34,35,36);2*1H3,(H,3,4). The molecule has 0 amide bonds. The zero-order chi connectivity index (χ0) is 38.9. The van der Waals surface area contributed by atoms with E-state index in [0.717, 1.165) is 65.7 Å². The number of para-hydroxylation sites is 1. The Morgan fingerprint density at radius 2 is 1.55 bits per heavy atom. The van der Waals surface area contributed by atoms with Gasteiger partial charge in [-0.05, 0) is 50.9 Å². The van der Waals surface area contributed by atoms with E-state index < -0.39 is 34.0 Å². The van der Waals surface area contributed by atoms with Crippen LogP contribution in [0.5, 0.6) is 11.5 Å². The number of fused-ring (bicyclic) bond motifs is 1. The fraction of sp³-hybridized carbons (Fsp3) is 0.441. The number of sulfonamides is 1. The minimum Gasteiger partial charge on any atom is -0.481 e. The maximum absolute atomic E-state index is 12.8. The molecule has 4 aromatic rings. The van der Waals surface area contributed by atoms with Crippen molar-refractivity contribution < 1.29 is 46.1 Å². The molecular weight excluding hydrogens is 721 g/mol. The van der Waals surface area contributed by atoms with Crippen LogP contribution in [0.4, 0.5) is 19.0 Å². The number of aliphatic carboxylic acids is 2. The van der Waals surface area contributed by atoms with Crippen molar-refractivity contribution in [3.63, 3.8) is 0 Å². The molecule has 0 unspecified atom stereocenters. The molecule has 0 atom stereocenters. The second kappa shape index (κ2) is 17.8. The number of alkyl halides is 3. The van der Waals surface area contributed by atoms with Gasteiger partial charge in [-0.3, -0.25) is 14.5 Å². The smallest absolute Gasteiger partial charge is 0.481 e. The van der Waals surface area contributed by atoms with Crippen LogP contribution in [0.15, 0.2) is 54.9 Å². The molecule has 2 aromatic carbocycles. The number of halogens is 3. The van der Waals surface area contributed by atoms with Gasteiger partial charge in [0.2, 0.25) is 0 Å². The molecule has 3 heterocycles. The molecule has 2 fully saturated rings. The van der Waals surface area contributed by atoms with Crippen LogP contribution < -0.4 is 15.2 Å². The second-order valence-electron chi connectivity index (χ2n) is 12.6. The van der Waals surface area contributed by atoms with E-state index in [-0.39, 0.29) is 17.4 Å². The van der Waals surface area contributed by atoms with Crippen molar-refractivity contribution in [1.82, 2.24) is 34.3 Å². The number of ether oxygens (including phenoxy) is 1. The maximum Gasteiger partial charge on any atom is 0.511 e. The number of piperazine rings is 1. The van der Waals surface area contributed by atoms with Crippen molar-refractivity contribution in [1.29, 1.82) is 0 Å². The number of carbonyl (C=O) groups is 2. The van der Waals surface area contributed by atoms with Gasteiger partial charge in [0.05, 0.1) is 11.4 Å². The monoisotopic (exact) mass is 764 g/mol. The van der Waals surface area contributed by atoms with Gasteiger partial charge in [-0.25, -0.2) is 27.8 Å². The van der Waals surface area contributed by atoms with Crippen LogP contribution in [0.3, 0.4) is 0 Å². The van der Waals surface area contributed by atoms with Gasteiger partial charge in [0.15, 0.2) is 5.65 Å². The largest absolute Gasteiger partial charge is 0.511 e. The van der Waals surface area contributed by atoms with Crippen LogP contribution in [-0.4, -0.2) is 105 Å². The van der Waals surface area contributed by atoms with Crippen LogP contribution in [0, 0.1) is 0 Å². The molecule has 19 heteroatoms. The van der Waals surface area contributed by atoms with Crippen molar-refractivity contribution in [3.8, 4) is 22.8 Å². The Hall–Kier alpha value is -4.85. The first-order valence-electron chi connectivity index (χ1n) is 16.7. The molecule has 0 bridgehead atoms. The molecule has 288 valence electrons. The third-order valence-electron chi connectivity index (χ3n) is 8.65. The lowest BCUT2D eigenvalue weighted by Crippen LogP contribution is -2.49. The summed E-state index contributed by atoms with van der Waals surface area (Å²) in [7, 11) is -3.35. The van der Waals surface area contributed by atoms with Crippen LogP contribution in [0.25, 0.3) is 22.3 Å². The highest BCUT2D eigenvalue weighted by atomic mass is 32.2. The highest BCUT2D eigenvalue weighted by Gasteiger charge is 2.45. The summed E-state index contributed by atoms with van der Waals surface area (Å²) in [4.78, 5) is 31.8. The zero-order valence-electron chi connectivity index (χ0n) is 29.5. The SMILES string of the molecule is CC(=O)O.CC(=O)O.CN1CCN(C2CCC(n3nc(-c4cccc(Oc5ccccc5CNS(=O)(=O)C(F)(F)F)c4)c4c(N)ncnc43)CC2)CC1. The van der Waals surface area contributed by atoms with E-state index in [1.54, 1.807) is 41.1 Å². The summed E-state index contributed by atoms with van der Waals surface area (Å²) in [6.45, 7) is 5.94. The summed E-state index contributed by atoms with van der Waals surface area (Å²) in [5.74, 6) is -0.778. The number of carboxylic acid groups (broad SMARTS) is 2. The van der Waals surface area contributed by atoms with Crippen molar-refractivity contribution in [2.45, 2.75) is 63.7 Å². The van der Waals surface area contributed by atoms with Gasteiger partial charge >= 0.3 is 15.5 Å². The highest BCUT2D eigenvalue weighted by molar-refractivity contribution is 7.90. The highest BCUT2D eigenvalue weighted by Crippen LogP contribution is 2.38. The predicted octanol–water partition coefficient (Wildman–Crippen LogP) is 4.72. The molecule has 1 aliphatic heterocycles. The lowest BCUT2D eigenvalue weighted by molar-refractivity contribution is -0.135. The molecular formula is C34H43F3N8O7S. The number of carboxylic acids is 2. The Morgan fingerprint density at radius 3 is 2.17 bits per heavy atom. The van der Waals surface area contributed by atoms with E-state index >= 15 is 0 Å². The summed E-state index contributed by atoms with van der Waals surface area (Å²) < 4.78 is 71.2. The number of hydrogen-bond donors (Lipinski definition) is 4. The number of hydrogen-bond acceptors (Lipinski definition) is 11. The first-order chi connectivity index (χ1) is 25.0. The number of nitrogens with one attached hydrogen (secondary N) is 1. The van der Waals surface area contributed by atoms with Crippen molar-refractivity contribution in [3.05, 3.63) is 60.4 Å². The Labute approximate surface area is 304 Å². The first-order valence-corrected chi connectivity index (χ1v) is 18.2. The second-order valence-corrected chi connectivity index (χ2v) is 14.4. The molecule has 0 radical (unpaired) electrons. The number of benzene rings is 2. The number of nitrogens with two attached hydrogens (primary N) is 1. The fourth-order valence-corrected chi connectivity index (χ4v) is 6.65. The lowest BCUT2D eigenvalue weighted by Gasteiger charge is -2.41. The third-order valence-corrected chi connectivity index (χ3v) is 9.78. The fourth-order valence-electron chi connectivity index (χ4n) is 6.14. The molecule has 1 saturated heterocycles. The molecule has 0 spiro atoms. The minimum absolute atomic E-state index is 0.158. The predicted molar refractivity (Wildman–Crippen MR) is 190 cm³/mol. The van der Waals surface area contributed by atoms with Crippen molar-refractivity contribution in [2.75, 3.05) is 39.0 Å². The normalized spacial score (nSPS) is 18.3. The topological polar surface area (TPSA) is 206 Å². The summed E-state index contributed by atoms with van der Waals surface area (Å²) in [6.07, 6.45) is 5.53. The summed E-state index contributed by atoms with van der Waals surface area (Å²) >= 11 is 0. The zero-order valence-corrected chi connectivity index (χ0v) is 30.3. The molecule has 5 N–H and O–H groups in total. The number of nitrogens with zero attached hydrogens (tertiary/aromatic N) is 6. The van der Waals surface area contributed by atoms with Crippen molar-refractivity contribution >= 4 is 38.8 Å². The Kier molecular flexibility index (Phi) is 13.7. The summed E-state index contributed by atoms with van der Waals surface area (Å²) in [6, 6.07) is 14.1. The van der Waals surface area contributed by atoms with E-state index in [9.17, 15) is 21.6 Å². The number of likely N-dealkylation sites (N-methyl/N-ethyl adjacent to an activating group) is 1. The number of rotatable bonds is 8. The van der Waals surface area contributed by atoms with E-state index in [0.29, 0.717) is 39.9 Å². The van der Waals surface area contributed by atoms with Gasteiger partial charge in [-0.2, -0.15) is 18.3 Å². The average Bonchev–Trinajstić information content (AvgIpc) is 3.49. The molecule has 6 rings (SSSR count). The average molecular weight is 765 g/mol. The van der Waals surface area contributed by atoms with Crippen LogP contribution in [0.2, 0.25) is 0 Å². The van der Waals surface area contributed by atoms with Crippen LogP contribution >= 0.6 is 0 Å². The van der Waals surface area contributed by atoms with Gasteiger partial charge in [0.1, 0.15) is 29.3 Å². The minimum atomic E-state index is -5.52. The van der Waals surface area contributed by atoms with Gasteiger partial charge in [-0.1, -0.05) is 30.3 Å². The van der Waals surface area contributed by atoms with Gasteiger partial charge < -0.3 is 25.6 Å². The molecule has 53 heavy (non-hydrogen) atoms. The Morgan fingerprint density at radius 1 is 0.943 bits per heavy atom. The number of nitrogen functional groups attached to an aromatic ring is 1. The van der Waals surface area contributed by atoms with Crippen LogP contribution in [0.1, 0.15) is 51.1 Å². The first kappa shape index (κ1) is 40.9. The third kappa shape index (κ3) is 11.1. The van der Waals surface area contributed by atoms with Crippen LogP contribution in [-0.2, 0) is 26.2 Å². The Bertz CT molecular complexity index is 1960. The molecule has 1 saturated carbocycles. The van der Waals surface area contributed by atoms with E-state index in [4.69, 9.17) is 35.4 Å². The number of anilines is 1. The molecule has 2 aromatic heterocycles. The van der Waals surface area contributed by atoms with E-state index in [2.05, 4.69) is 26.8 Å². The number of aromatic nitrogens is 4. The summed E-state index contributed by atoms with van der Waals surface area (Å²) in [5, 5.41) is 20.5. The maximum atomic E-state index is 12.8. The molecule has 1 aliphatic carbocycles. The molecule has 15 nitrogen and oxygen atoms in total. The Balaban J connectivity index is 0.000000714. The van der Waals surface area contributed by atoms with Crippen molar-refractivity contribution in [2.24, 2.45) is 0 Å². The molecule has 2 aliphatic rings. The summed E-state index contributed by atoms with van der Waals surface area (Å²) in [5.41, 5.74) is 3.13.